The van der Waals surface area contributed by atoms with Crippen LogP contribution in [0.2, 0.25) is 0 Å². The molecule has 0 fully saturated rings. The number of nitrogens with two attached hydrogens (primary N) is 1. The van der Waals surface area contributed by atoms with Crippen LogP contribution in [0, 0.1) is 0 Å². The third-order valence-electron chi connectivity index (χ3n) is 2.14. The second-order valence-corrected chi connectivity index (χ2v) is 4.76. The number of hydrogen-bond donors (Lipinski definition) is 1. The van der Waals surface area contributed by atoms with Gasteiger partial charge in [-0.25, -0.2) is 0 Å². The Kier molecular flexibility index (Phi) is 27.4. The van der Waals surface area contributed by atoms with Crippen molar-refractivity contribution in [2.24, 2.45) is 5.73 Å². The maximum atomic E-state index is 5.64. The highest BCUT2D eigenvalue weighted by Gasteiger charge is 1.95. The second-order valence-electron chi connectivity index (χ2n) is 3.76. The van der Waals surface area contributed by atoms with Crippen molar-refractivity contribution >= 4 is 8.58 Å². The van der Waals surface area contributed by atoms with Crippen molar-refractivity contribution in [2.75, 3.05) is 13.3 Å². The molecule has 0 amide bonds. The first-order valence-corrected chi connectivity index (χ1v) is 10.9. The number of hydrogen-bond acceptors (Lipinski definition) is 2. The zero-order chi connectivity index (χ0) is 19.2. The van der Waals surface area contributed by atoms with Gasteiger partial charge in [0.2, 0.25) is 0 Å². The lowest BCUT2D eigenvalue weighted by Crippen LogP contribution is -1.95. The molecule has 0 aliphatic carbocycles. The van der Waals surface area contributed by atoms with Crippen LogP contribution in [-0.4, -0.2) is 13.3 Å². The first-order chi connectivity index (χ1) is 11.8. The number of para-hydroxylation sites is 1. The van der Waals surface area contributed by atoms with Crippen LogP contribution < -0.4 is 10.5 Å². The van der Waals surface area contributed by atoms with E-state index in [4.69, 9.17) is 10.5 Å². The van der Waals surface area contributed by atoms with E-state index in [1.807, 2.05) is 96.1 Å². The molecule has 0 heterocycles. The first kappa shape index (κ1) is 27.5. The van der Waals surface area contributed by atoms with Crippen molar-refractivity contribution in [1.29, 1.82) is 0 Å². The Labute approximate surface area is 152 Å². The molecule has 24 heavy (non-hydrogen) atoms. The maximum absolute atomic E-state index is 5.64. The number of ether oxygens (including phenoxy) is 1. The monoisotopic (exact) mass is 351 g/mol. The molecule has 0 unspecified atom stereocenters. The van der Waals surface area contributed by atoms with Crippen molar-refractivity contribution in [3.05, 3.63) is 60.2 Å². The van der Waals surface area contributed by atoms with Crippen molar-refractivity contribution < 1.29 is 4.74 Å². The molecular weight excluding hydrogens is 313 g/mol. The van der Waals surface area contributed by atoms with Gasteiger partial charge in [-0.3, -0.25) is 0 Å². The minimum Gasteiger partial charge on any atom is -0.457 e. The highest BCUT2D eigenvalue weighted by atomic mass is 31.1. The Morgan fingerprint density at radius 3 is 1.46 bits per heavy atom. The van der Waals surface area contributed by atoms with Gasteiger partial charge in [-0.15, -0.1) is 8.58 Å². The topological polar surface area (TPSA) is 35.2 Å². The molecule has 2 aromatic rings. The smallest absolute Gasteiger partial charge is 0.127 e. The van der Waals surface area contributed by atoms with Gasteiger partial charge in [-0.1, -0.05) is 71.9 Å². The lowest BCUT2D eigenvalue weighted by atomic mass is 10.2. The number of rotatable bonds is 3. The van der Waals surface area contributed by atoms with Gasteiger partial charge in [0.05, 0.1) is 0 Å². The summed E-state index contributed by atoms with van der Waals surface area (Å²) in [5.41, 5.74) is 6.62. The molecule has 0 aromatic heterocycles. The average molecular weight is 352 g/mol. The first-order valence-electron chi connectivity index (χ1n) is 8.90. The van der Waals surface area contributed by atoms with Crippen LogP contribution in [0.3, 0.4) is 0 Å². The van der Waals surface area contributed by atoms with Crippen LogP contribution in [0.1, 0.15) is 47.1 Å². The summed E-state index contributed by atoms with van der Waals surface area (Å²) in [5, 5.41) is 0. The minimum atomic E-state index is 0.561. The Morgan fingerprint density at radius 2 is 1.08 bits per heavy atom. The summed E-state index contributed by atoms with van der Waals surface area (Å²) < 4.78 is 5.64. The van der Waals surface area contributed by atoms with Gasteiger partial charge in [-0.05, 0) is 43.2 Å². The third kappa shape index (κ3) is 15.5. The molecule has 2 rings (SSSR count). The molecule has 0 atom stereocenters. The third-order valence-corrected chi connectivity index (χ3v) is 2.14. The van der Waals surface area contributed by atoms with E-state index < -0.39 is 0 Å². The van der Waals surface area contributed by atoms with E-state index in [2.05, 4.69) is 13.3 Å². The molecule has 0 aliphatic rings. The molecule has 0 saturated heterocycles. The fourth-order valence-corrected chi connectivity index (χ4v) is 1.32. The van der Waals surface area contributed by atoms with Gasteiger partial charge in [0.15, 0.2) is 0 Å². The van der Waals surface area contributed by atoms with E-state index in [1.165, 1.54) is 0 Å². The molecule has 2 N–H and O–H groups in total. The Balaban J connectivity index is -0.000000422. The zero-order valence-electron chi connectivity index (χ0n) is 16.9. The van der Waals surface area contributed by atoms with Crippen LogP contribution in [0.5, 0.6) is 11.5 Å². The largest absolute Gasteiger partial charge is 0.457 e. The Hall–Kier alpha value is -1.37. The summed E-state index contributed by atoms with van der Waals surface area (Å²) in [6.07, 6.45) is 0. The van der Waals surface area contributed by atoms with Gasteiger partial charge < -0.3 is 10.5 Å². The summed E-state index contributed by atoms with van der Waals surface area (Å²) in [5.74, 6) is 1.68. The van der Waals surface area contributed by atoms with Gasteiger partial charge in [0.1, 0.15) is 11.5 Å². The van der Waals surface area contributed by atoms with E-state index in [1.54, 1.807) is 0 Å². The van der Waals surface area contributed by atoms with Crippen molar-refractivity contribution in [3.63, 3.8) is 0 Å². The fourth-order valence-electron chi connectivity index (χ4n) is 1.32. The summed E-state index contributed by atoms with van der Waals surface area (Å²) in [7, 11) is 1.08. The summed E-state index contributed by atoms with van der Waals surface area (Å²) in [6.45, 7) is 16.9. The quantitative estimate of drug-likeness (QED) is 0.608. The normalized spacial score (nSPS) is 7.71. The number of benzene rings is 2. The fraction of sp³-hybridized carbons (Fsp3) is 0.429. The molecule has 0 bridgehead atoms. The van der Waals surface area contributed by atoms with E-state index in [9.17, 15) is 0 Å². The molecule has 138 valence electrons. The highest BCUT2D eigenvalue weighted by Crippen LogP contribution is 2.20. The minimum absolute atomic E-state index is 0.561. The maximum Gasteiger partial charge on any atom is 0.127 e. The van der Waals surface area contributed by atoms with Crippen LogP contribution in [0.25, 0.3) is 0 Å². The van der Waals surface area contributed by atoms with Crippen LogP contribution >= 0.6 is 8.58 Å². The van der Waals surface area contributed by atoms with E-state index in [0.717, 1.165) is 25.6 Å². The van der Waals surface area contributed by atoms with E-state index >= 15 is 0 Å². The SMILES string of the molecule is CC.CC.CC.CPC.NCc1ccc(Oc2ccccc2)cc1. The van der Waals surface area contributed by atoms with Crippen LogP contribution in [0.15, 0.2) is 54.6 Å². The van der Waals surface area contributed by atoms with Gasteiger partial charge >= 0.3 is 0 Å². The van der Waals surface area contributed by atoms with E-state index in [0.29, 0.717) is 6.54 Å². The molecule has 2 aromatic carbocycles. The molecule has 2 nitrogen and oxygen atoms in total. The average Bonchev–Trinajstić information content (AvgIpc) is 2.69. The molecule has 0 radical (unpaired) electrons. The van der Waals surface area contributed by atoms with Crippen LogP contribution in [0.4, 0.5) is 0 Å². The summed E-state index contributed by atoms with van der Waals surface area (Å²) in [6, 6.07) is 17.5. The Morgan fingerprint density at radius 1 is 0.708 bits per heavy atom. The van der Waals surface area contributed by atoms with Gasteiger partial charge in [0.25, 0.3) is 0 Å². The van der Waals surface area contributed by atoms with Gasteiger partial charge in [-0.2, -0.15) is 0 Å². The predicted octanol–water partition coefficient (Wildman–Crippen LogP) is 6.94. The van der Waals surface area contributed by atoms with E-state index in [-0.39, 0.29) is 0 Å². The van der Waals surface area contributed by atoms with Crippen molar-refractivity contribution in [1.82, 2.24) is 0 Å². The Bertz CT molecular complexity index is 429. The molecule has 0 spiro atoms. The zero-order valence-corrected chi connectivity index (χ0v) is 17.9. The summed E-state index contributed by atoms with van der Waals surface area (Å²) >= 11 is 0. The second kappa shape index (κ2) is 23.9. The lowest BCUT2D eigenvalue weighted by molar-refractivity contribution is 0.482. The molecular formula is C21H38NOP. The van der Waals surface area contributed by atoms with Crippen molar-refractivity contribution in [2.45, 2.75) is 48.1 Å². The van der Waals surface area contributed by atoms with Crippen molar-refractivity contribution in [3.8, 4) is 11.5 Å². The predicted molar refractivity (Wildman–Crippen MR) is 115 cm³/mol. The highest BCUT2D eigenvalue weighted by molar-refractivity contribution is 7.35. The standard InChI is InChI=1S/C13H13NO.C2H7P.3C2H6/c14-10-11-6-8-13(9-7-11)15-12-4-2-1-3-5-12;1-3-2;3*1-2/h1-9H,10,14H2;3H,1-2H3;3*1-2H3. The van der Waals surface area contributed by atoms with Gasteiger partial charge in [0, 0.05) is 6.54 Å². The molecule has 0 aliphatic heterocycles. The van der Waals surface area contributed by atoms with Crippen LogP contribution in [-0.2, 0) is 6.54 Å². The molecule has 3 heteroatoms. The molecule has 0 saturated carbocycles. The summed E-state index contributed by atoms with van der Waals surface area (Å²) in [4.78, 5) is 0. The lowest BCUT2D eigenvalue weighted by Gasteiger charge is -2.05.